The normalized spacial score (nSPS) is 12.5. The minimum absolute atomic E-state index is 0.0957. The molecule has 0 radical (unpaired) electrons. The predicted molar refractivity (Wildman–Crippen MR) is 92.5 cm³/mol. The second kappa shape index (κ2) is 8.71. The van der Waals surface area contributed by atoms with Crippen LogP contribution < -0.4 is 5.19 Å². The minimum atomic E-state index is -3.88. The van der Waals surface area contributed by atoms with E-state index in [0.29, 0.717) is 6.04 Å². The van der Waals surface area contributed by atoms with Gasteiger partial charge in [0.15, 0.2) is 0 Å². The quantitative estimate of drug-likeness (QED) is 0.524. The number of hydrogen-bond donors (Lipinski definition) is 1. The topological polar surface area (TPSA) is 54.4 Å². The van der Waals surface area contributed by atoms with Gasteiger partial charge >= 0.3 is 0 Å². The first-order valence-corrected chi connectivity index (χ1v) is 12.2. The second-order valence-electron chi connectivity index (χ2n) is 5.89. The van der Waals surface area contributed by atoms with Crippen LogP contribution >= 0.6 is 0 Å². The maximum Gasteiger partial charge on any atom is 0.264 e. The Labute approximate surface area is 130 Å². The van der Waals surface area contributed by atoms with Crippen molar-refractivity contribution in [1.82, 2.24) is 0 Å². The third-order valence-electron chi connectivity index (χ3n) is 4.24. The van der Waals surface area contributed by atoms with Crippen LogP contribution in [0.4, 0.5) is 0 Å². The maximum absolute atomic E-state index is 11.2. The van der Waals surface area contributed by atoms with Gasteiger partial charge in [0.25, 0.3) is 10.1 Å². The molecule has 120 valence electrons. The Kier molecular flexibility index (Phi) is 7.63. The van der Waals surface area contributed by atoms with Crippen LogP contribution in [-0.4, -0.2) is 26.8 Å². The van der Waals surface area contributed by atoms with Crippen LogP contribution in [0, 0.1) is 0 Å². The fourth-order valence-electron chi connectivity index (χ4n) is 2.95. The molecule has 21 heavy (non-hydrogen) atoms. The molecule has 0 amide bonds. The van der Waals surface area contributed by atoms with Gasteiger partial charge < -0.3 is 0 Å². The van der Waals surface area contributed by atoms with Gasteiger partial charge in [0.2, 0.25) is 0 Å². The van der Waals surface area contributed by atoms with Gasteiger partial charge in [-0.15, -0.1) is 0 Å². The lowest BCUT2D eigenvalue weighted by atomic mass is 10.4. The Morgan fingerprint density at radius 2 is 1.48 bits per heavy atom. The molecule has 1 N–H and O–H groups in total. The molecule has 0 spiro atoms. The average Bonchev–Trinajstić information content (AvgIpc) is 2.47. The Hall–Kier alpha value is -0.653. The van der Waals surface area contributed by atoms with Gasteiger partial charge in [0.1, 0.15) is 0 Å². The molecule has 3 nitrogen and oxygen atoms in total. The van der Waals surface area contributed by atoms with Crippen molar-refractivity contribution in [2.75, 3.05) is 5.75 Å². The molecule has 1 aromatic carbocycles. The summed E-state index contributed by atoms with van der Waals surface area (Å²) in [6, 6.07) is 13.3. The van der Waals surface area contributed by atoms with Gasteiger partial charge in [-0.2, -0.15) is 8.42 Å². The van der Waals surface area contributed by atoms with Gasteiger partial charge in [-0.1, -0.05) is 87.1 Å². The highest BCUT2D eigenvalue weighted by atomic mass is 32.2. The highest BCUT2D eigenvalue weighted by molar-refractivity contribution is 7.85. The standard InChI is InChI=1S/C16H28O3SSi/c1-3-5-13-21(14-6-4-2,15-12-20(17,18)19)16-10-8-7-9-11-16/h7-11H,3-6,12-15H2,1-2H3,(H,17,18,19). The van der Waals surface area contributed by atoms with Gasteiger partial charge in [-0.3, -0.25) is 4.55 Å². The van der Waals surface area contributed by atoms with Gasteiger partial charge in [0, 0.05) is 0 Å². The molecule has 0 aliphatic carbocycles. The molecule has 1 aromatic rings. The molecule has 0 saturated carbocycles. The minimum Gasteiger partial charge on any atom is -0.286 e. The largest absolute Gasteiger partial charge is 0.286 e. The van der Waals surface area contributed by atoms with E-state index in [-0.39, 0.29) is 5.75 Å². The maximum atomic E-state index is 11.2. The predicted octanol–water partition coefficient (Wildman–Crippen LogP) is 3.83. The lowest BCUT2D eigenvalue weighted by Gasteiger charge is -2.32. The third-order valence-corrected chi connectivity index (χ3v) is 10.7. The SMILES string of the molecule is CCCC[Si](CCCC)(CCS(=O)(=O)O)c1ccccc1. The number of rotatable bonds is 10. The summed E-state index contributed by atoms with van der Waals surface area (Å²) < 4.78 is 31.6. The molecule has 0 saturated heterocycles. The van der Waals surface area contributed by atoms with E-state index in [1.807, 2.05) is 18.2 Å². The summed E-state index contributed by atoms with van der Waals surface area (Å²) >= 11 is 0. The fraction of sp³-hybridized carbons (Fsp3) is 0.625. The lowest BCUT2D eigenvalue weighted by Crippen LogP contribution is -2.48. The second-order valence-corrected chi connectivity index (χ2v) is 12.1. The van der Waals surface area contributed by atoms with Crippen molar-refractivity contribution in [1.29, 1.82) is 0 Å². The molecule has 0 aromatic heterocycles. The first-order chi connectivity index (χ1) is 9.93. The third kappa shape index (κ3) is 6.32. The monoisotopic (exact) mass is 328 g/mol. The molecular formula is C16H28O3SSi. The van der Waals surface area contributed by atoms with Gasteiger partial charge in [0.05, 0.1) is 13.8 Å². The molecule has 0 unspecified atom stereocenters. The van der Waals surface area contributed by atoms with E-state index >= 15 is 0 Å². The molecule has 1 rings (SSSR count). The van der Waals surface area contributed by atoms with Crippen LogP contribution in [0.5, 0.6) is 0 Å². The van der Waals surface area contributed by atoms with Crippen molar-refractivity contribution in [2.45, 2.75) is 57.7 Å². The lowest BCUT2D eigenvalue weighted by molar-refractivity contribution is 0.484. The first kappa shape index (κ1) is 18.4. The summed E-state index contributed by atoms with van der Waals surface area (Å²) in [5.41, 5.74) is 0. The number of hydrogen-bond acceptors (Lipinski definition) is 2. The van der Waals surface area contributed by atoms with Crippen molar-refractivity contribution in [3.05, 3.63) is 30.3 Å². The summed E-state index contributed by atoms with van der Waals surface area (Å²) in [4.78, 5) is 0. The van der Waals surface area contributed by atoms with Crippen molar-refractivity contribution in [3.8, 4) is 0 Å². The summed E-state index contributed by atoms with van der Waals surface area (Å²) in [7, 11) is -5.74. The van der Waals surface area contributed by atoms with Crippen LogP contribution in [0.2, 0.25) is 18.1 Å². The molecule has 0 bridgehead atoms. The summed E-state index contributed by atoms with van der Waals surface area (Å²) in [5.74, 6) is -0.0957. The van der Waals surface area contributed by atoms with Crippen LogP contribution in [0.3, 0.4) is 0 Å². The van der Waals surface area contributed by atoms with E-state index in [4.69, 9.17) is 0 Å². The van der Waals surface area contributed by atoms with E-state index in [9.17, 15) is 13.0 Å². The van der Waals surface area contributed by atoms with Gasteiger partial charge in [-0.05, 0) is 6.04 Å². The Morgan fingerprint density at radius 1 is 0.952 bits per heavy atom. The fourth-order valence-corrected chi connectivity index (χ4v) is 10.1. The van der Waals surface area contributed by atoms with E-state index < -0.39 is 18.2 Å². The zero-order chi connectivity index (χ0) is 15.8. The van der Waals surface area contributed by atoms with Crippen molar-refractivity contribution in [3.63, 3.8) is 0 Å². The van der Waals surface area contributed by atoms with Crippen molar-refractivity contribution >= 4 is 23.4 Å². The molecule has 0 fully saturated rings. The van der Waals surface area contributed by atoms with Crippen LogP contribution in [0.25, 0.3) is 0 Å². The van der Waals surface area contributed by atoms with Crippen LogP contribution in [-0.2, 0) is 10.1 Å². The molecular weight excluding hydrogens is 300 g/mol. The average molecular weight is 329 g/mol. The van der Waals surface area contributed by atoms with E-state index in [1.54, 1.807) is 0 Å². The Bertz CT molecular complexity index is 492. The zero-order valence-corrected chi connectivity index (χ0v) is 15.0. The van der Waals surface area contributed by atoms with Gasteiger partial charge in [-0.25, -0.2) is 0 Å². The molecule has 0 atom stereocenters. The van der Waals surface area contributed by atoms with E-state index in [0.717, 1.165) is 37.8 Å². The van der Waals surface area contributed by atoms with Crippen LogP contribution in [0.15, 0.2) is 30.3 Å². The molecule has 0 heterocycles. The Balaban J connectivity index is 3.07. The zero-order valence-electron chi connectivity index (χ0n) is 13.2. The number of unbranched alkanes of at least 4 members (excludes halogenated alkanes) is 2. The summed E-state index contributed by atoms with van der Waals surface area (Å²) in [6.07, 6.45) is 4.52. The van der Waals surface area contributed by atoms with E-state index in [2.05, 4.69) is 26.0 Å². The highest BCUT2D eigenvalue weighted by Crippen LogP contribution is 2.27. The first-order valence-electron chi connectivity index (χ1n) is 7.94. The number of benzene rings is 1. The smallest absolute Gasteiger partial charge is 0.264 e. The van der Waals surface area contributed by atoms with Crippen molar-refractivity contribution < 1.29 is 13.0 Å². The Morgan fingerprint density at radius 3 is 1.90 bits per heavy atom. The highest BCUT2D eigenvalue weighted by Gasteiger charge is 2.34. The van der Waals surface area contributed by atoms with Crippen molar-refractivity contribution in [2.24, 2.45) is 0 Å². The molecule has 5 heteroatoms. The molecule has 0 aliphatic rings. The van der Waals surface area contributed by atoms with Crippen LogP contribution in [0.1, 0.15) is 39.5 Å². The molecule has 0 aliphatic heterocycles. The summed E-state index contributed by atoms with van der Waals surface area (Å²) in [5, 5.41) is 1.34. The summed E-state index contributed by atoms with van der Waals surface area (Å²) in [6.45, 7) is 4.35. The van der Waals surface area contributed by atoms with E-state index in [1.165, 1.54) is 5.19 Å².